The first-order chi connectivity index (χ1) is 9.78. The molecule has 0 fully saturated rings. The topological polar surface area (TPSA) is 46.5 Å². The summed E-state index contributed by atoms with van der Waals surface area (Å²) >= 11 is 0. The van der Waals surface area contributed by atoms with Crippen LogP contribution in [0.15, 0.2) is 42.5 Å². The second-order valence-electron chi connectivity index (χ2n) is 4.04. The van der Waals surface area contributed by atoms with Crippen LogP contribution in [0.3, 0.4) is 0 Å². The van der Waals surface area contributed by atoms with Gasteiger partial charge in [0.05, 0.1) is 0 Å². The summed E-state index contributed by atoms with van der Waals surface area (Å²) < 4.78 is 54.2. The average Bonchev–Trinajstić information content (AvgIpc) is 2.37. The van der Waals surface area contributed by atoms with Crippen LogP contribution in [0.4, 0.5) is 17.6 Å². The minimum absolute atomic E-state index is 0.0430. The number of rotatable bonds is 3. The Kier molecular flexibility index (Phi) is 3.84. The van der Waals surface area contributed by atoms with Crippen LogP contribution in [0.2, 0.25) is 0 Å². The van der Waals surface area contributed by atoms with Gasteiger partial charge < -0.3 is 9.84 Å². The molecule has 0 atom stereocenters. The van der Waals surface area contributed by atoms with Gasteiger partial charge in [-0.3, -0.25) is 0 Å². The standard InChI is InChI=1S/C14H8F4O3/c15-11-4-2-1-3-9(11)8-5-6-10(13(19)20)12(7-8)21-14(16,17)18/h1-7H,(H,19,20). The molecule has 21 heavy (non-hydrogen) atoms. The molecule has 0 heterocycles. The van der Waals surface area contributed by atoms with Gasteiger partial charge in [-0.1, -0.05) is 24.3 Å². The first-order valence-electron chi connectivity index (χ1n) is 5.66. The molecule has 2 aromatic rings. The number of halogens is 4. The van der Waals surface area contributed by atoms with Gasteiger partial charge in [0.2, 0.25) is 0 Å². The van der Waals surface area contributed by atoms with E-state index in [1.165, 1.54) is 24.3 Å². The molecule has 0 aliphatic heterocycles. The van der Waals surface area contributed by atoms with E-state index in [1.54, 1.807) is 0 Å². The number of alkyl halides is 3. The molecule has 0 bridgehead atoms. The molecule has 0 spiro atoms. The van der Waals surface area contributed by atoms with Crippen LogP contribution in [0.5, 0.6) is 5.75 Å². The molecule has 1 N–H and O–H groups in total. The van der Waals surface area contributed by atoms with Gasteiger partial charge in [0.25, 0.3) is 0 Å². The zero-order valence-electron chi connectivity index (χ0n) is 10.3. The Labute approximate surface area is 116 Å². The number of carboxylic acids is 1. The smallest absolute Gasteiger partial charge is 0.478 e. The van der Waals surface area contributed by atoms with Gasteiger partial charge in [0.1, 0.15) is 17.1 Å². The molecule has 3 nitrogen and oxygen atoms in total. The molecule has 0 aromatic heterocycles. The Bertz CT molecular complexity index is 680. The molecule has 2 rings (SSSR count). The Morgan fingerprint density at radius 2 is 1.76 bits per heavy atom. The van der Waals surface area contributed by atoms with Gasteiger partial charge in [0.15, 0.2) is 0 Å². The van der Waals surface area contributed by atoms with Crippen molar-refractivity contribution in [3.8, 4) is 16.9 Å². The number of carbonyl (C=O) groups is 1. The van der Waals surface area contributed by atoms with Crippen molar-refractivity contribution >= 4 is 5.97 Å². The molecule has 110 valence electrons. The number of carboxylic acid groups (broad SMARTS) is 1. The molecular formula is C14H8F4O3. The number of benzene rings is 2. The molecule has 0 saturated heterocycles. The summed E-state index contributed by atoms with van der Waals surface area (Å²) in [6.07, 6.45) is -5.04. The second-order valence-corrected chi connectivity index (χ2v) is 4.04. The van der Waals surface area contributed by atoms with Gasteiger partial charge in [-0.2, -0.15) is 0 Å². The minimum Gasteiger partial charge on any atom is -0.478 e. The third-order valence-electron chi connectivity index (χ3n) is 2.62. The second kappa shape index (κ2) is 5.43. The zero-order valence-corrected chi connectivity index (χ0v) is 10.3. The fourth-order valence-electron chi connectivity index (χ4n) is 1.77. The molecule has 0 unspecified atom stereocenters. The maximum Gasteiger partial charge on any atom is 0.573 e. The average molecular weight is 300 g/mol. The summed E-state index contributed by atoms with van der Waals surface area (Å²) in [5.41, 5.74) is -0.536. The summed E-state index contributed by atoms with van der Waals surface area (Å²) in [6.45, 7) is 0. The molecule has 0 radical (unpaired) electrons. The molecule has 0 amide bonds. The van der Waals surface area contributed by atoms with Crippen LogP contribution in [-0.4, -0.2) is 17.4 Å². The van der Waals surface area contributed by atoms with E-state index in [0.29, 0.717) is 0 Å². The van der Waals surface area contributed by atoms with E-state index in [-0.39, 0.29) is 11.1 Å². The number of aromatic carboxylic acids is 1. The van der Waals surface area contributed by atoms with Crippen molar-refractivity contribution in [1.82, 2.24) is 0 Å². The normalized spacial score (nSPS) is 11.2. The fourth-order valence-corrected chi connectivity index (χ4v) is 1.77. The largest absolute Gasteiger partial charge is 0.573 e. The van der Waals surface area contributed by atoms with Crippen molar-refractivity contribution in [2.75, 3.05) is 0 Å². The van der Waals surface area contributed by atoms with Crippen molar-refractivity contribution in [2.45, 2.75) is 6.36 Å². The highest BCUT2D eigenvalue weighted by Crippen LogP contribution is 2.32. The highest BCUT2D eigenvalue weighted by Gasteiger charge is 2.33. The summed E-state index contributed by atoms with van der Waals surface area (Å²) in [5.74, 6) is -3.11. The number of hydrogen-bond acceptors (Lipinski definition) is 2. The summed E-state index contributed by atoms with van der Waals surface area (Å²) in [6, 6.07) is 8.43. The summed E-state index contributed by atoms with van der Waals surface area (Å²) in [4.78, 5) is 10.9. The summed E-state index contributed by atoms with van der Waals surface area (Å²) in [5, 5.41) is 8.86. The first kappa shape index (κ1) is 14.8. The van der Waals surface area contributed by atoms with E-state index < -0.39 is 29.5 Å². The van der Waals surface area contributed by atoms with Crippen LogP contribution in [-0.2, 0) is 0 Å². The van der Waals surface area contributed by atoms with E-state index in [9.17, 15) is 22.4 Å². The van der Waals surface area contributed by atoms with Crippen molar-refractivity contribution in [2.24, 2.45) is 0 Å². The Hall–Kier alpha value is -2.57. The van der Waals surface area contributed by atoms with E-state index in [1.807, 2.05) is 0 Å². The predicted molar refractivity (Wildman–Crippen MR) is 65.5 cm³/mol. The molecule has 0 aliphatic carbocycles. The number of hydrogen-bond donors (Lipinski definition) is 1. The lowest BCUT2D eigenvalue weighted by Gasteiger charge is -2.13. The molecule has 7 heteroatoms. The Morgan fingerprint density at radius 3 is 2.33 bits per heavy atom. The lowest BCUT2D eigenvalue weighted by molar-refractivity contribution is -0.274. The first-order valence-corrected chi connectivity index (χ1v) is 5.66. The van der Waals surface area contributed by atoms with Gasteiger partial charge in [-0.15, -0.1) is 13.2 Å². The van der Waals surface area contributed by atoms with Gasteiger partial charge in [-0.05, 0) is 23.8 Å². The Balaban J connectivity index is 2.54. The van der Waals surface area contributed by atoms with Crippen LogP contribution in [0.25, 0.3) is 11.1 Å². The minimum atomic E-state index is -5.04. The zero-order chi connectivity index (χ0) is 15.6. The lowest BCUT2D eigenvalue weighted by Crippen LogP contribution is -2.19. The maximum absolute atomic E-state index is 13.6. The highest BCUT2D eigenvalue weighted by molar-refractivity contribution is 5.92. The van der Waals surface area contributed by atoms with Crippen LogP contribution in [0.1, 0.15) is 10.4 Å². The van der Waals surface area contributed by atoms with Crippen LogP contribution >= 0.6 is 0 Å². The SMILES string of the molecule is O=C(O)c1ccc(-c2ccccc2F)cc1OC(F)(F)F. The van der Waals surface area contributed by atoms with Crippen molar-refractivity contribution in [3.05, 3.63) is 53.8 Å². The van der Waals surface area contributed by atoms with Gasteiger partial charge in [0, 0.05) is 5.56 Å². The van der Waals surface area contributed by atoms with Crippen LogP contribution < -0.4 is 4.74 Å². The van der Waals surface area contributed by atoms with Crippen molar-refractivity contribution in [3.63, 3.8) is 0 Å². The van der Waals surface area contributed by atoms with E-state index in [0.717, 1.165) is 18.2 Å². The van der Waals surface area contributed by atoms with Crippen molar-refractivity contribution in [1.29, 1.82) is 0 Å². The third kappa shape index (κ3) is 3.50. The molecule has 0 saturated carbocycles. The van der Waals surface area contributed by atoms with E-state index in [2.05, 4.69) is 4.74 Å². The summed E-state index contributed by atoms with van der Waals surface area (Å²) in [7, 11) is 0. The third-order valence-corrected chi connectivity index (χ3v) is 2.62. The van der Waals surface area contributed by atoms with Gasteiger partial charge >= 0.3 is 12.3 Å². The van der Waals surface area contributed by atoms with E-state index >= 15 is 0 Å². The van der Waals surface area contributed by atoms with E-state index in [4.69, 9.17) is 5.11 Å². The lowest BCUT2D eigenvalue weighted by atomic mass is 10.0. The molecular weight excluding hydrogens is 292 g/mol. The van der Waals surface area contributed by atoms with Crippen LogP contribution in [0, 0.1) is 5.82 Å². The Morgan fingerprint density at radius 1 is 1.10 bits per heavy atom. The number of ether oxygens (including phenoxy) is 1. The highest BCUT2D eigenvalue weighted by atomic mass is 19.4. The predicted octanol–water partition coefficient (Wildman–Crippen LogP) is 4.09. The molecule has 0 aliphatic rings. The maximum atomic E-state index is 13.6. The monoisotopic (exact) mass is 300 g/mol. The van der Waals surface area contributed by atoms with Crippen molar-refractivity contribution < 1.29 is 32.2 Å². The van der Waals surface area contributed by atoms with Gasteiger partial charge in [-0.25, -0.2) is 9.18 Å². The fraction of sp³-hybridized carbons (Fsp3) is 0.0714. The quantitative estimate of drug-likeness (QED) is 0.868. The molecule has 2 aromatic carbocycles.